The van der Waals surface area contributed by atoms with Crippen LogP contribution < -0.4 is 9.47 Å². The summed E-state index contributed by atoms with van der Waals surface area (Å²) in [6, 6.07) is 35.0. The van der Waals surface area contributed by atoms with Crippen LogP contribution in [0.2, 0.25) is 0 Å². The lowest BCUT2D eigenvalue weighted by Crippen LogP contribution is -1.92. The number of benzene rings is 5. The zero-order chi connectivity index (χ0) is 23.3. The highest BCUT2D eigenvalue weighted by atomic mass is 19.1. The van der Waals surface area contributed by atoms with E-state index in [2.05, 4.69) is 0 Å². The minimum absolute atomic E-state index is 0.191. The van der Waals surface area contributed by atoms with Crippen molar-refractivity contribution in [3.63, 3.8) is 0 Å². The van der Waals surface area contributed by atoms with E-state index in [0.717, 1.165) is 0 Å². The third kappa shape index (κ3) is 4.81. The summed E-state index contributed by atoms with van der Waals surface area (Å²) in [5.41, 5.74) is 1.51. The maximum Gasteiger partial charge on any atom is 0.131 e. The van der Waals surface area contributed by atoms with E-state index >= 15 is 0 Å². The molecule has 0 aliphatic heterocycles. The second-order valence-corrected chi connectivity index (χ2v) is 7.69. The first-order chi connectivity index (χ1) is 16.7. The van der Waals surface area contributed by atoms with Crippen molar-refractivity contribution in [2.45, 2.75) is 0 Å². The average Bonchev–Trinajstić information content (AvgIpc) is 2.88. The van der Waals surface area contributed by atoms with E-state index in [4.69, 9.17) is 9.47 Å². The Hall–Kier alpha value is -4.44. The third-order valence-electron chi connectivity index (χ3n) is 5.35. The fourth-order valence-electron chi connectivity index (χ4n) is 3.64. The lowest BCUT2D eigenvalue weighted by atomic mass is 9.99. The highest BCUT2D eigenvalue weighted by Crippen LogP contribution is 2.33. The fourth-order valence-corrected chi connectivity index (χ4v) is 3.64. The highest BCUT2D eigenvalue weighted by Gasteiger charge is 2.14. The molecule has 0 saturated heterocycles. The van der Waals surface area contributed by atoms with Gasteiger partial charge in [-0.1, -0.05) is 60.7 Å². The Bertz CT molecular complexity index is 1270. The highest BCUT2D eigenvalue weighted by molar-refractivity contribution is 5.72. The van der Waals surface area contributed by atoms with Gasteiger partial charge in [-0.15, -0.1) is 0 Å². The van der Waals surface area contributed by atoms with Crippen LogP contribution in [0, 0.1) is 11.6 Å². The fraction of sp³-hybridized carbons (Fsp3) is 0. The Morgan fingerprint density at radius 1 is 0.382 bits per heavy atom. The number of ether oxygens (including phenoxy) is 2. The van der Waals surface area contributed by atoms with Crippen molar-refractivity contribution < 1.29 is 18.3 Å². The Labute approximate surface area is 196 Å². The number of rotatable bonds is 6. The van der Waals surface area contributed by atoms with Crippen molar-refractivity contribution in [2.75, 3.05) is 0 Å². The van der Waals surface area contributed by atoms with E-state index in [1.54, 1.807) is 48.5 Å². The molecule has 0 heterocycles. The van der Waals surface area contributed by atoms with E-state index in [0.29, 0.717) is 34.1 Å². The molecule has 0 saturated carbocycles. The second-order valence-electron chi connectivity index (χ2n) is 7.69. The van der Waals surface area contributed by atoms with Crippen molar-refractivity contribution in [3.05, 3.63) is 133 Å². The van der Waals surface area contributed by atoms with E-state index in [9.17, 15) is 8.78 Å². The molecule has 0 atom stereocenters. The van der Waals surface area contributed by atoms with Gasteiger partial charge in [0.1, 0.15) is 34.6 Å². The molecule has 0 amide bonds. The molecule has 0 bridgehead atoms. The molecular formula is C30H20F2O2. The van der Waals surface area contributed by atoms with Gasteiger partial charge in [-0.05, 0) is 71.8 Å². The largest absolute Gasteiger partial charge is 0.457 e. The van der Waals surface area contributed by atoms with Crippen molar-refractivity contribution in [1.29, 1.82) is 0 Å². The van der Waals surface area contributed by atoms with Crippen LogP contribution in [0.3, 0.4) is 0 Å². The van der Waals surface area contributed by atoms with E-state index in [-0.39, 0.29) is 11.1 Å². The maximum atomic E-state index is 15.0. The molecular weight excluding hydrogens is 430 g/mol. The molecule has 166 valence electrons. The van der Waals surface area contributed by atoms with Crippen LogP contribution in [0.15, 0.2) is 121 Å². The van der Waals surface area contributed by atoms with Gasteiger partial charge in [0.25, 0.3) is 0 Å². The second kappa shape index (κ2) is 9.59. The van der Waals surface area contributed by atoms with Crippen LogP contribution in [-0.2, 0) is 0 Å². The van der Waals surface area contributed by atoms with Gasteiger partial charge in [0.05, 0.1) is 0 Å². The quantitative estimate of drug-likeness (QED) is 0.257. The van der Waals surface area contributed by atoms with Crippen LogP contribution in [0.25, 0.3) is 22.3 Å². The van der Waals surface area contributed by atoms with Crippen molar-refractivity contribution in [2.24, 2.45) is 0 Å². The molecule has 5 aromatic rings. The van der Waals surface area contributed by atoms with Crippen LogP contribution >= 0.6 is 0 Å². The Balaban J connectivity index is 1.35. The van der Waals surface area contributed by atoms with Crippen LogP contribution in [0.4, 0.5) is 8.78 Å². The minimum Gasteiger partial charge on any atom is -0.457 e. The SMILES string of the molecule is Fc1cc(-c2ccc(Oc3ccccc3)cc2)c(F)cc1-c1ccc(Oc2ccccc2)cc1. The zero-order valence-corrected chi connectivity index (χ0v) is 18.1. The smallest absolute Gasteiger partial charge is 0.131 e. The summed E-state index contributed by atoms with van der Waals surface area (Å²) in [7, 11) is 0. The summed E-state index contributed by atoms with van der Waals surface area (Å²) in [6.07, 6.45) is 0. The van der Waals surface area contributed by atoms with E-state index in [1.165, 1.54) is 12.1 Å². The molecule has 0 aliphatic carbocycles. The molecule has 34 heavy (non-hydrogen) atoms. The molecule has 5 rings (SSSR count). The standard InChI is InChI=1S/C30H20F2O2/c31-29-20-28(22-13-17-26(18-14-22)34-24-9-5-2-6-10-24)30(32)19-27(29)21-11-15-25(16-12-21)33-23-7-3-1-4-8-23/h1-20H. The number of hydrogen-bond donors (Lipinski definition) is 0. The zero-order valence-electron chi connectivity index (χ0n) is 18.1. The van der Waals surface area contributed by atoms with Crippen molar-refractivity contribution >= 4 is 0 Å². The minimum atomic E-state index is -0.502. The summed E-state index contributed by atoms with van der Waals surface area (Å²) in [6.45, 7) is 0. The number of para-hydroxylation sites is 2. The lowest BCUT2D eigenvalue weighted by molar-refractivity contribution is 0.482. The van der Waals surface area contributed by atoms with Crippen LogP contribution in [-0.4, -0.2) is 0 Å². The summed E-state index contributed by atoms with van der Waals surface area (Å²) in [4.78, 5) is 0. The van der Waals surface area contributed by atoms with Gasteiger partial charge in [0, 0.05) is 11.1 Å². The van der Waals surface area contributed by atoms with Crippen molar-refractivity contribution in [3.8, 4) is 45.3 Å². The topological polar surface area (TPSA) is 18.5 Å². The molecule has 2 nitrogen and oxygen atoms in total. The van der Waals surface area contributed by atoms with Gasteiger partial charge in [-0.2, -0.15) is 0 Å². The Kier molecular flexibility index (Phi) is 6.04. The normalized spacial score (nSPS) is 10.6. The lowest BCUT2D eigenvalue weighted by Gasteiger charge is -2.11. The van der Waals surface area contributed by atoms with E-state index < -0.39 is 11.6 Å². The molecule has 4 heteroatoms. The molecule has 0 aliphatic rings. The van der Waals surface area contributed by atoms with Gasteiger partial charge in [0.15, 0.2) is 0 Å². The summed E-state index contributed by atoms with van der Waals surface area (Å²) in [5, 5.41) is 0. The Morgan fingerprint density at radius 2 is 0.706 bits per heavy atom. The third-order valence-corrected chi connectivity index (χ3v) is 5.35. The first-order valence-corrected chi connectivity index (χ1v) is 10.8. The number of halogens is 2. The summed E-state index contributed by atoms with van der Waals surface area (Å²) >= 11 is 0. The van der Waals surface area contributed by atoms with Crippen LogP contribution in [0.5, 0.6) is 23.0 Å². The molecule has 0 spiro atoms. The summed E-state index contributed by atoms with van der Waals surface area (Å²) < 4.78 is 41.5. The Morgan fingerprint density at radius 3 is 1.06 bits per heavy atom. The molecule has 0 unspecified atom stereocenters. The molecule has 0 fully saturated rings. The monoisotopic (exact) mass is 450 g/mol. The molecule has 5 aromatic carbocycles. The molecule has 0 N–H and O–H groups in total. The van der Waals surface area contributed by atoms with Gasteiger partial charge in [-0.3, -0.25) is 0 Å². The number of hydrogen-bond acceptors (Lipinski definition) is 2. The van der Waals surface area contributed by atoms with Crippen molar-refractivity contribution in [1.82, 2.24) is 0 Å². The molecule has 0 radical (unpaired) electrons. The molecule has 0 aromatic heterocycles. The van der Waals surface area contributed by atoms with Gasteiger partial charge in [-0.25, -0.2) is 8.78 Å². The van der Waals surface area contributed by atoms with Gasteiger partial charge < -0.3 is 9.47 Å². The van der Waals surface area contributed by atoms with Gasteiger partial charge in [0.2, 0.25) is 0 Å². The predicted molar refractivity (Wildman–Crippen MR) is 130 cm³/mol. The van der Waals surface area contributed by atoms with E-state index in [1.807, 2.05) is 60.7 Å². The predicted octanol–water partition coefficient (Wildman–Crippen LogP) is 8.88. The maximum absolute atomic E-state index is 15.0. The first kappa shape index (κ1) is 21.4. The summed E-state index contributed by atoms with van der Waals surface area (Å²) in [5.74, 6) is 1.64. The van der Waals surface area contributed by atoms with Crippen LogP contribution in [0.1, 0.15) is 0 Å². The first-order valence-electron chi connectivity index (χ1n) is 10.8. The van der Waals surface area contributed by atoms with Gasteiger partial charge >= 0.3 is 0 Å². The average molecular weight is 450 g/mol.